The Hall–Kier alpha value is -2.46. The lowest BCUT2D eigenvalue weighted by Crippen LogP contribution is -2.58. The second-order valence-electron chi connectivity index (χ2n) is 10.4. The van der Waals surface area contributed by atoms with Gasteiger partial charge in [0.05, 0.1) is 7.11 Å². The predicted octanol–water partition coefficient (Wildman–Crippen LogP) is 7.39. The van der Waals surface area contributed by atoms with Crippen LogP contribution < -0.4 is 0 Å². The van der Waals surface area contributed by atoms with Gasteiger partial charge in [0.1, 0.15) is 16.7 Å². The Bertz CT molecular complexity index is 925. The maximum absolute atomic E-state index is 12.5. The van der Waals surface area contributed by atoms with Crippen molar-refractivity contribution in [3.8, 4) is 0 Å². The first-order valence-corrected chi connectivity index (χ1v) is 11.7. The first kappa shape index (κ1) is 38.5. The molecule has 0 saturated heterocycles. The van der Waals surface area contributed by atoms with Gasteiger partial charge in [-0.2, -0.15) is 52.7 Å². The van der Waals surface area contributed by atoms with Gasteiger partial charge in [0, 0.05) is 0 Å². The molecular weight excluding hydrogens is 596 g/mol. The highest BCUT2D eigenvalue weighted by molar-refractivity contribution is 5.89. The third-order valence-electron chi connectivity index (χ3n) is 6.14. The van der Waals surface area contributed by atoms with Gasteiger partial charge in [-0.05, 0) is 64.2 Å². The number of esters is 2. The highest BCUT2D eigenvalue weighted by atomic mass is 19.4. The average molecular weight is 626 g/mol. The van der Waals surface area contributed by atoms with Crippen molar-refractivity contribution in [2.24, 2.45) is 17.8 Å². The van der Waals surface area contributed by atoms with E-state index < -0.39 is 71.3 Å². The van der Waals surface area contributed by atoms with Crippen molar-refractivity contribution in [1.29, 1.82) is 0 Å². The topological polar surface area (TPSA) is 72.8 Å². The molecular formula is C24H30F12O5. The summed E-state index contributed by atoms with van der Waals surface area (Å²) >= 11 is 0. The minimum atomic E-state index is -5.67. The zero-order valence-electron chi connectivity index (χ0n) is 22.3. The Labute approximate surface area is 227 Å². The molecule has 0 aromatic heterocycles. The Morgan fingerprint density at radius 1 is 0.756 bits per heavy atom. The molecule has 2 saturated carbocycles. The molecule has 0 amide bonds. The molecule has 2 bridgehead atoms. The summed E-state index contributed by atoms with van der Waals surface area (Å²) in [5.41, 5.74) is -8.47. The Morgan fingerprint density at radius 3 is 1.41 bits per heavy atom. The summed E-state index contributed by atoms with van der Waals surface area (Å²) in [5.74, 6) is -3.40. The fraction of sp³-hybridized carbons (Fsp3) is 0.750. The number of hydrogen-bond donors (Lipinski definition) is 1. The molecule has 0 heterocycles. The van der Waals surface area contributed by atoms with E-state index in [1.165, 1.54) is 20.8 Å². The first-order chi connectivity index (χ1) is 18.0. The minimum Gasteiger partial charge on any atom is -0.465 e. The van der Waals surface area contributed by atoms with Crippen LogP contribution in [0.25, 0.3) is 0 Å². The van der Waals surface area contributed by atoms with Crippen LogP contribution >= 0.6 is 0 Å². The van der Waals surface area contributed by atoms with Crippen LogP contribution in [-0.4, -0.2) is 60.1 Å². The lowest BCUT2D eigenvalue weighted by atomic mass is 9.79. The Kier molecular flexibility index (Phi) is 12.4. The van der Waals surface area contributed by atoms with Crippen molar-refractivity contribution in [2.75, 3.05) is 7.11 Å². The molecule has 2 aliphatic rings. The summed E-state index contributed by atoms with van der Waals surface area (Å²) in [6.07, 6.45) is -19.4. The van der Waals surface area contributed by atoms with Crippen LogP contribution in [0.1, 0.15) is 52.9 Å². The number of ether oxygens (including phenoxy) is 2. The molecule has 17 heteroatoms. The van der Waals surface area contributed by atoms with Crippen molar-refractivity contribution < 1.29 is 76.9 Å². The number of methoxy groups -OCH3 is 1. The second kappa shape index (κ2) is 13.2. The maximum atomic E-state index is 12.5. The van der Waals surface area contributed by atoms with E-state index in [1.54, 1.807) is 0 Å². The van der Waals surface area contributed by atoms with Gasteiger partial charge in [0.15, 0.2) is 0 Å². The van der Waals surface area contributed by atoms with Crippen molar-refractivity contribution in [1.82, 2.24) is 0 Å². The van der Waals surface area contributed by atoms with Gasteiger partial charge < -0.3 is 14.6 Å². The van der Waals surface area contributed by atoms with Crippen LogP contribution in [0, 0.1) is 17.8 Å². The van der Waals surface area contributed by atoms with Crippen LogP contribution in [0.5, 0.6) is 0 Å². The van der Waals surface area contributed by atoms with E-state index in [-0.39, 0.29) is 11.8 Å². The summed E-state index contributed by atoms with van der Waals surface area (Å²) in [5, 5.41) is 9.12. The molecule has 0 aromatic carbocycles. The third kappa shape index (κ3) is 11.4. The molecule has 41 heavy (non-hydrogen) atoms. The molecule has 2 aliphatic carbocycles. The normalized spacial score (nSPS) is 21.1. The van der Waals surface area contributed by atoms with Crippen LogP contribution in [0.3, 0.4) is 0 Å². The summed E-state index contributed by atoms with van der Waals surface area (Å²) in [7, 11) is 0.860. The second-order valence-corrected chi connectivity index (χ2v) is 10.4. The molecule has 2 fully saturated rings. The molecule has 240 valence electrons. The number of fused-ring (bicyclic) bond motifs is 2. The zero-order valence-corrected chi connectivity index (χ0v) is 22.3. The zero-order chi connectivity index (χ0) is 33.0. The average Bonchev–Trinajstić information content (AvgIpc) is 3.37. The summed E-state index contributed by atoms with van der Waals surface area (Å²) in [6, 6.07) is 0. The smallest absolute Gasteiger partial charge is 0.426 e. The molecule has 3 atom stereocenters. The van der Waals surface area contributed by atoms with Gasteiger partial charge in [0.2, 0.25) is 0 Å². The van der Waals surface area contributed by atoms with Crippen LogP contribution in [0.4, 0.5) is 52.7 Å². The quantitative estimate of drug-likeness (QED) is 0.200. The summed E-state index contributed by atoms with van der Waals surface area (Å²) in [4.78, 5) is 20.9. The number of halogens is 12. The Balaban J connectivity index is 0.000000618. The third-order valence-corrected chi connectivity index (χ3v) is 6.14. The monoisotopic (exact) mass is 626 g/mol. The van der Waals surface area contributed by atoms with E-state index in [9.17, 15) is 62.3 Å². The lowest BCUT2D eigenvalue weighted by Gasteiger charge is -2.36. The first-order valence-electron chi connectivity index (χ1n) is 11.7. The number of alkyl halides is 12. The molecule has 0 spiro atoms. The van der Waals surface area contributed by atoms with Crippen molar-refractivity contribution >= 4 is 11.9 Å². The number of carbonyl (C=O) groups is 2. The van der Waals surface area contributed by atoms with Crippen LogP contribution in [-0.2, 0) is 19.1 Å². The summed E-state index contributed by atoms with van der Waals surface area (Å²) in [6.45, 7) is 9.55. The largest absolute Gasteiger partial charge is 0.465 e. The van der Waals surface area contributed by atoms with Gasteiger partial charge >= 0.3 is 36.6 Å². The Morgan fingerprint density at radius 2 is 1.17 bits per heavy atom. The molecule has 3 unspecified atom stereocenters. The molecule has 0 radical (unpaired) electrons. The van der Waals surface area contributed by atoms with E-state index >= 15 is 0 Å². The minimum absolute atomic E-state index is 0.0915. The molecule has 2 rings (SSSR count). The van der Waals surface area contributed by atoms with E-state index in [0.29, 0.717) is 19.3 Å². The van der Waals surface area contributed by atoms with Gasteiger partial charge in [-0.25, -0.2) is 9.59 Å². The van der Waals surface area contributed by atoms with Crippen molar-refractivity contribution in [2.45, 2.75) is 88.8 Å². The highest BCUT2D eigenvalue weighted by Crippen LogP contribution is 2.55. The van der Waals surface area contributed by atoms with Gasteiger partial charge in [-0.1, -0.05) is 19.6 Å². The van der Waals surface area contributed by atoms with E-state index in [0.717, 1.165) is 13.5 Å². The summed E-state index contributed by atoms with van der Waals surface area (Å²) < 4.78 is 153. The number of carbonyl (C=O) groups excluding carboxylic acids is 2. The SMILES string of the molecule is C=C(C(=O)OC(C)(C)C)C(F)(F)F.C=C(C(=O)OC)C(F)(F)F.OC(CC1CC2CCC1C2)(C(F)(F)F)C(F)(F)F. The number of rotatable bonds is 4. The molecule has 1 N–H and O–H groups in total. The fourth-order valence-electron chi connectivity index (χ4n) is 4.09. The number of hydrogen-bond acceptors (Lipinski definition) is 5. The molecule has 0 aliphatic heterocycles. The van der Waals surface area contributed by atoms with E-state index in [2.05, 4.69) is 22.6 Å². The fourth-order valence-corrected chi connectivity index (χ4v) is 4.09. The standard InChI is InChI=1S/C11H14F6O.C8H11F3O2.C5H5F3O2/c12-10(13,14)9(18,11(15,16)17)5-8-4-6-1-2-7(8)3-6;1-5(8(9,10)11)6(12)13-7(2,3)4;1-3(4(9)10-2)5(6,7)8/h6-8,18H,1-5H2;1H2,2-4H3;1H2,2H3. The van der Waals surface area contributed by atoms with Crippen molar-refractivity contribution in [3.05, 3.63) is 24.3 Å². The predicted molar refractivity (Wildman–Crippen MR) is 119 cm³/mol. The van der Waals surface area contributed by atoms with Gasteiger partial charge in [-0.3, -0.25) is 0 Å². The van der Waals surface area contributed by atoms with E-state index in [1.807, 2.05) is 0 Å². The number of aliphatic hydroxyl groups is 1. The van der Waals surface area contributed by atoms with Gasteiger partial charge in [-0.15, -0.1) is 0 Å². The van der Waals surface area contributed by atoms with Crippen LogP contribution in [0.2, 0.25) is 0 Å². The molecule has 5 nitrogen and oxygen atoms in total. The maximum Gasteiger partial charge on any atom is 0.426 e. The van der Waals surface area contributed by atoms with Crippen molar-refractivity contribution in [3.63, 3.8) is 0 Å². The molecule has 0 aromatic rings. The van der Waals surface area contributed by atoms with E-state index in [4.69, 9.17) is 5.11 Å². The lowest BCUT2D eigenvalue weighted by molar-refractivity contribution is -0.373. The van der Waals surface area contributed by atoms with Crippen LogP contribution in [0.15, 0.2) is 24.3 Å². The van der Waals surface area contributed by atoms with Gasteiger partial charge in [0.25, 0.3) is 5.60 Å². The highest BCUT2D eigenvalue weighted by Gasteiger charge is 2.71.